The lowest BCUT2D eigenvalue weighted by Crippen LogP contribution is -2.21. The zero-order valence-corrected chi connectivity index (χ0v) is 17.2. The van der Waals surface area contributed by atoms with E-state index in [9.17, 15) is 14.4 Å². The molecular weight excluding hydrogens is 404 g/mol. The van der Waals surface area contributed by atoms with Crippen molar-refractivity contribution in [1.29, 1.82) is 0 Å². The van der Waals surface area contributed by atoms with Crippen LogP contribution in [0.5, 0.6) is 23.0 Å². The molecule has 0 unspecified atom stereocenters. The van der Waals surface area contributed by atoms with Gasteiger partial charge in [0.25, 0.3) is 0 Å². The normalized spacial score (nSPS) is 16.7. The van der Waals surface area contributed by atoms with E-state index in [-0.39, 0.29) is 23.7 Å². The van der Waals surface area contributed by atoms with Crippen LogP contribution in [0.25, 0.3) is 0 Å². The van der Waals surface area contributed by atoms with Crippen LogP contribution >= 0.6 is 0 Å². The molecule has 8 nitrogen and oxygen atoms in total. The number of rotatable bonds is 5. The number of ether oxygens (including phenoxy) is 4. The number of aliphatic carboxylic acids is 1. The van der Waals surface area contributed by atoms with E-state index in [1.807, 2.05) is 0 Å². The summed E-state index contributed by atoms with van der Waals surface area (Å²) in [5, 5.41) is 8.84. The van der Waals surface area contributed by atoms with Crippen LogP contribution in [0.1, 0.15) is 47.7 Å². The Morgan fingerprint density at radius 3 is 2.58 bits per heavy atom. The van der Waals surface area contributed by atoms with Crippen LogP contribution in [0.15, 0.2) is 41.7 Å². The number of allylic oxidation sites excluding steroid dienone is 2. The number of methoxy groups -OCH3 is 1. The van der Waals surface area contributed by atoms with Gasteiger partial charge < -0.3 is 24.1 Å². The van der Waals surface area contributed by atoms with Gasteiger partial charge in [-0.3, -0.25) is 9.59 Å². The van der Waals surface area contributed by atoms with Crippen LogP contribution in [0.3, 0.4) is 0 Å². The van der Waals surface area contributed by atoms with E-state index >= 15 is 0 Å². The van der Waals surface area contributed by atoms with Gasteiger partial charge in [0.1, 0.15) is 11.5 Å². The fourth-order valence-electron chi connectivity index (χ4n) is 3.77. The zero-order chi connectivity index (χ0) is 22.3. The van der Waals surface area contributed by atoms with E-state index in [0.29, 0.717) is 33.9 Å². The molecule has 2 aromatic rings. The van der Waals surface area contributed by atoms with Gasteiger partial charge in [0.05, 0.1) is 19.1 Å². The number of benzene rings is 2. The van der Waals surface area contributed by atoms with Crippen molar-refractivity contribution in [2.75, 3.05) is 13.7 Å². The van der Waals surface area contributed by atoms with Crippen molar-refractivity contribution in [2.24, 2.45) is 0 Å². The predicted octanol–water partition coefficient (Wildman–Crippen LogP) is 3.47. The summed E-state index contributed by atoms with van der Waals surface area (Å²) < 4.78 is 22.0. The van der Waals surface area contributed by atoms with E-state index in [1.54, 1.807) is 44.2 Å². The van der Waals surface area contributed by atoms with Gasteiger partial charge in [-0.25, -0.2) is 4.79 Å². The summed E-state index contributed by atoms with van der Waals surface area (Å²) in [7, 11) is 1.44. The first-order chi connectivity index (χ1) is 14.8. The molecular formula is C23H20O8. The third-order valence-electron chi connectivity index (χ3n) is 5.15. The number of carbonyl (C=O) groups is 3. The Morgan fingerprint density at radius 2 is 1.90 bits per heavy atom. The van der Waals surface area contributed by atoms with E-state index in [0.717, 1.165) is 5.57 Å². The fraction of sp³-hybridized carbons (Fsp3) is 0.261. The first-order valence-electron chi connectivity index (χ1n) is 9.60. The van der Waals surface area contributed by atoms with Gasteiger partial charge in [0.15, 0.2) is 23.9 Å². The fourth-order valence-corrected chi connectivity index (χ4v) is 3.77. The van der Waals surface area contributed by atoms with Crippen molar-refractivity contribution >= 4 is 17.7 Å². The monoisotopic (exact) mass is 424 g/mol. The van der Waals surface area contributed by atoms with Gasteiger partial charge in [-0.05, 0) is 49.2 Å². The summed E-state index contributed by atoms with van der Waals surface area (Å²) in [6, 6.07) is 8.21. The number of ketones is 1. The molecule has 0 aromatic heterocycles. The number of hydrogen-bond donors (Lipinski definition) is 1. The molecule has 0 spiro atoms. The highest BCUT2D eigenvalue weighted by Crippen LogP contribution is 2.49. The van der Waals surface area contributed by atoms with Crippen molar-refractivity contribution in [2.45, 2.75) is 26.2 Å². The quantitative estimate of drug-likeness (QED) is 0.442. The lowest BCUT2D eigenvalue weighted by Gasteiger charge is -2.26. The van der Waals surface area contributed by atoms with E-state index in [1.165, 1.54) is 7.11 Å². The first-order valence-corrected chi connectivity index (χ1v) is 9.60. The SMILES string of the molecule is COc1cc([C@H]2CC(=O)Oc3ccc4c(c32)OC(=C(C)C)C4=O)ccc1OCC(=O)O. The second-order valence-corrected chi connectivity index (χ2v) is 7.44. The summed E-state index contributed by atoms with van der Waals surface area (Å²) in [5.74, 6) is -0.570. The molecule has 0 radical (unpaired) electrons. The predicted molar refractivity (Wildman–Crippen MR) is 108 cm³/mol. The molecule has 0 aliphatic carbocycles. The molecule has 160 valence electrons. The van der Waals surface area contributed by atoms with Gasteiger partial charge in [0, 0.05) is 11.5 Å². The Hall–Kier alpha value is -3.81. The highest BCUT2D eigenvalue weighted by Gasteiger charge is 2.39. The van der Waals surface area contributed by atoms with Crippen LogP contribution in [0.4, 0.5) is 0 Å². The first kappa shape index (κ1) is 20.5. The van der Waals surface area contributed by atoms with Crippen molar-refractivity contribution in [3.8, 4) is 23.0 Å². The average molecular weight is 424 g/mol. The molecule has 2 heterocycles. The van der Waals surface area contributed by atoms with E-state index in [4.69, 9.17) is 24.1 Å². The largest absolute Gasteiger partial charge is 0.493 e. The molecule has 2 aliphatic rings. The van der Waals surface area contributed by atoms with E-state index in [2.05, 4.69) is 0 Å². The lowest BCUT2D eigenvalue weighted by atomic mass is 9.84. The Kier molecular flexibility index (Phi) is 5.14. The van der Waals surface area contributed by atoms with Gasteiger partial charge in [-0.2, -0.15) is 0 Å². The third kappa shape index (κ3) is 3.61. The molecule has 0 amide bonds. The number of hydrogen-bond acceptors (Lipinski definition) is 7. The standard InChI is InChI=1S/C23H20O8/c1-11(2)22-21(27)13-5-7-16-20(23(13)31-22)14(9-19(26)30-16)12-4-6-15(17(8-12)28-3)29-10-18(24)25/h4-8,14H,9-10H2,1-3H3,(H,24,25)/t14-/m1/s1. The molecule has 2 aromatic carbocycles. The van der Waals surface area contributed by atoms with Crippen molar-refractivity contribution in [3.05, 3.63) is 58.4 Å². The number of carboxylic acid groups (broad SMARTS) is 1. The number of esters is 1. The lowest BCUT2D eigenvalue weighted by molar-refractivity contribution is -0.139. The van der Waals surface area contributed by atoms with Crippen LogP contribution in [-0.2, 0) is 9.59 Å². The zero-order valence-electron chi connectivity index (χ0n) is 17.2. The Labute approximate surface area is 178 Å². The Bertz CT molecular complexity index is 1140. The number of fused-ring (bicyclic) bond motifs is 3. The number of Topliss-reactive ketones (excluding diaryl/α,β-unsaturated/α-hetero) is 1. The highest BCUT2D eigenvalue weighted by molar-refractivity contribution is 6.13. The molecule has 31 heavy (non-hydrogen) atoms. The van der Waals surface area contributed by atoms with Crippen LogP contribution in [-0.4, -0.2) is 36.5 Å². The summed E-state index contributed by atoms with van der Waals surface area (Å²) in [5.41, 5.74) is 2.50. The van der Waals surface area contributed by atoms with Crippen LogP contribution in [0.2, 0.25) is 0 Å². The van der Waals surface area contributed by atoms with Gasteiger partial charge in [-0.15, -0.1) is 0 Å². The minimum Gasteiger partial charge on any atom is -0.493 e. The molecule has 0 saturated carbocycles. The highest BCUT2D eigenvalue weighted by atomic mass is 16.5. The third-order valence-corrected chi connectivity index (χ3v) is 5.15. The Morgan fingerprint density at radius 1 is 1.13 bits per heavy atom. The number of carboxylic acids is 1. The summed E-state index contributed by atoms with van der Waals surface area (Å²) in [4.78, 5) is 35.8. The van der Waals surface area contributed by atoms with Gasteiger partial charge in [0.2, 0.25) is 5.78 Å². The number of carbonyl (C=O) groups excluding carboxylic acids is 2. The maximum Gasteiger partial charge on any atom is 0.341 e. The molecule has 1 atom stereocenters. The van der Waals surface area contributed by atoms with Crippen LogP contribution in [0, 0.1) is 0 Å². The molecule has 0 fully saturated rings. The molecule has 4 rings (SSSR count). The second kappa shape index (κ2) is 7.79. The second-order valence-electron chi connectivity index (χ2n) is 7.44. The van der Waals surface area contributed by atoms with Crippen molar-refractivity contribution < 1.29 is 38.4 Å². The smallest absolute Gasteiger partial charge is 0.341 e. The van der Waals surface area contributed by atoms with Gasteiger partial charge >= 0.3 is 11.9 Å². The van der Waals surface area contributed by atoms with E-state index < -0.39 is 24.5 Å². The van der Waals surface area contributed by atoms with Crippen molar-refractivity contribution in [1.82, 2.24) is 0 Å². The molecule has 8 heteroatoms. The Balaban J connectivity index is 1.81. The molecule has 1 N–H and O–H groups in total. The van der Waals surface area contributed by atoms with Crippen molar-refractivity contribution in [3.63, 3.8) is 0 Å². The van der Waals surface area contributed by atoms with Gasteiger partial charge in [-0.1, -0.05) is 6.07 Å². The molecule has 2 aliphatic heterocycles. The topological polar surface area (TPSA) is 108 Å². The maximum absolute atomic E-state index is 12.7. The minimum absolute atomic E-state index is 0.0453. The van der Waals surface area contributed by atoms with Crippen LogP contribution < -0.4 is 18.9 Å². The maximum atomic E-state index is 12.7. The molecule has 0 bridgehead atoms. The minimum atomic E-state index is -1.11. The summed E-state index contributed by atoms with van der Waals surface area (Å²) in [6.45, 7) is 3.08. The summed E-state index contributed by atoms with van der Waals surface area (Å²) in [6.07, 6.45) is 0.0453. The molecule has 0 saturated heterocycles. The summed E-state index contributed by atoms with van der Waals surface area (Å²) >= 11 is 0. The average Bonchev–Trinajstić information content (AvgIpc) is 3.08.